The third kappa shape index (κ3) is 3.93. The van der Waals surface area contributed by atoms with Crippen LogP contribution in [0.5, 0.6) is 23.0 Å². The molecule has 0 aromatic heterocycles. The molecule has 162 valence electrons. The molecule has 0 aliphatic carbocycles. The zero-order valence-corrected chi connectivity index (χ0v) is 23.4. The van der Waals surface area contributed by atoms with Crippen LogP contribution in [0, 0.1) is 0 Å². The predicted molar refractivity (Wildman–Crippen MR) is 122 cm³/mol. The van der Waals surface area contributed by atoms with Crippen LogP contribution in [-0.2, 0) is 13.1 Å². The molecule has 0 amide bonds. The Labute approximate surface area is 232 Å². The zero-order valence-electron chi connectivity index (χ0n) is 19.3. The first-order valence-corrected chi connectivity index (χ1v) is 12.5. The van der Waals surface area contributed by atoms with Gasteiger partial charge >= 0.3 is 235 Å². The Morgan fingerprint density at radius 2 is 0.906 bits per heavy atom. The molecular formula is C24H27KN2O4Si. The Kier molecular flexibility index (Phi) is 6.52. The summed E-state index contributed by atoms with van der Waals surface area (Å²) in [6.07, 6.45) is 0. The van der Waals surface area contributed by atoms with Gasteiger partial charge in [-0.1, -0.05) is 0 Å². The van der Waals surface area contributed by atoms with Crippen molar-refractivity contribution >= 4 is 13.5 Å². The van der Waals surface area contributed by atoms with Crippen LogP contribution in [0.15, 0.2) is 66.7 Å². The molecule has 0 atom stereocenters. The second-order valence-electron chi connectivity index (χ2n) is 8.64. The first-order chi connectivity index (χ1) is 14.9. The predicted octanol–water partition coefficient (Wildman–Crippen LogP) is 0.353. The van der Waals surface area contributed by atoms with Crippen LogP contribution in [0.1, 0.15) is 11.1 Å². The average Bonchev–Trinajstić information content (AvgIpc) is 3.21. The van der Waals surface area contributed by atoms with Crippen LogP contribution in [-0.4, -0.2) is 46.3 Å². The van der Waals surface area contributed by atoms with Gasteiger partial charge in [0.1, 0.15) is 0 Å². The standard InChI is InChI=1S/C24H27N2O4Si.K/c1-25(2)16-18-10-9-11-19(17-26(3)4)24(18)31(27-20-12-5-6-13-21(20)28-31)29-22-14-7-8-15-23(22)30-31;/h5-15H,16-17H2,1-4H3;/q-1;+1. The van der Waals surface area contributed by atoms with Crippen LogP contribution in [0.25, 0.3) is 0 Å². The fourth-order valence-corrected chi connectivity index (χ4v) is 8.67. The van der Waals surface area contributed by atoms with E-state index in [1.54, 1.807) is 0 Å². The smallest absolute Gasteiger partial charge is 1.00 e. The summed E-state index contributed by atoms with van der Waals surface area (Å²) in [6, 6.07) is 21.6. The van der Waals surface area contributed by atoms with E-state index >= 15 is 0 Å². The normalized spacial score (nSPS) is 17.8. The number of nitrogens with zero attached hydrogens (tertiary/aromatic N) is 2. The van der Waals surface area contributed by atoms with Crippen LogP contribution in [0.2, 0.25) is 0 Å². The molecule has 32 heavy (non-hydrogen) atoms. The van der Waals surface area contributed by atoms with E-state index in [0.29, 0.717) is 36.1 Å². The maximum absolute atomic E-state index is 6.71. The summed E-state index contributed by atoms with van der Waals surface area (Å²) in [5, 5.41) is 0.886. The molecule has 1 spiro atoms. The Balaban J connectivity index is 0.00000245. The maximum Gasteiger partial charge on any atom is 1.00 e. The van der Waals surface area contributed by atoms with Gasteiger partial charge in [0.25, 0.3) is 0 Å². The fourth-order valence-electron chi connectivity index (χ4n) is 4.45. The Bertz CT molecular complexity index is 1010. The summed E-state index contributed by atoms with van der Waals surface area (Å²) < 4.78 is 26.8. The van der Waals surface area contributed by atoms with E-state index in [1.165, 1.54) is 0 Å². The quantitative estimate of drug-likeness (QED) is 0.498. The number of hydrogen-bond donors (Lipinski definition) is 0. The van der Waals surface area contributed by atoms with Crippen molar-refractivity contribution in [2.75, 3.05) is 28.2 Å². The minimum atomic E-state index is -4.63. The number of benzene rings is 3. The van der Waals surface area contributed by atoms with Crippen molar-refractivity contribution in [2.45, 2.75) is 13.1 Å². The van der Waals surface area contributed by atoms with Crippen LogP contribution in [0.3, 0.4) is 0 Å². The molecule has 3 aromatic carbocycles. The number of hydrogen-bond acceptors (Lipinski definition) is 6. The molecule has 8 heteroatoms. The summed E-state index contributed by atoms with van der Waals surface area (Å²) in [5.41, 5.74) is 2.14. The van der Waals surface area contributed by atoms with Gasteiger partial charge in [-0.3, -0.25) is 0 Å². The van der Waals surface area contributed by atoms with Crippen LogP contribution >= 0.6 is 0 Å². The molecule has 2 heterocycles. The van der Waals surface area contributed by atoms with Gasteiger partial charge in [-0.2, -0.15) is 0 Å². The molecule has 0 saturated heterocycles. The van der Waals surface area contributed by atoms with Crippen LogP contribution in [0.4, 0.5) is 0 Å². The summed E-state index contributed by atoms with van der Waals surface area (Å²) in [5.74, 6) is 2.55. The van der Waals surface area contributed by atoms with Gasteiger partial charge in [0.05, 0.1) is 0 Å². The first-order valence-electron chi connectivity index (χ1n) is 10.4. The molecule has 0 bridgehead atoms. The maximum atomic E-state index is 6.71. The molecule has 0 saturated carbocycles. The molecule has 2 aliphatic rings. The molecule has 0 unspecified atom stereocenters. The van der Waals surface area contributed by atoms with E-state index in [4.69, 9.17) is 17.7 Å². The summed E-state index contributed by atoms with van der Waals surface area (Å²) in [7, 11) is 3.56. The molecule has 0 fully saturated rings. The van der Waals surface area contributed by atoms with Gasteiger partial charge in [0, 0.05) is 0 Å². The number of para-hydroxylation sites is 4. The Morgan fingerprint density at radius 3 is 1.22 bits per heavy atom. The van der Waals surface area contributed by atoms with Crippen LogP contribution < -0.4 is 74.3 Å². The van der Waals surface area contributed by atoms with Gasteiger partial charge in [-0.05, 0) is 0 Å². The van der Waals surface area contributed by atoms with E-state index < -0.39 is 8.33 Å². The third-order valence-electron chi connectivity index (χ3n) is 5.46. The Morgan fingerprint density at radius 1 is 0.562 bits per heavy atom. The van der Waals surface area contributed by atoms with Gasteiger partial charge in [0.15, 0.2) is 0 Å². The van der Waals surface area contributed by atoms with E-state index in [2.05, 4.69) is 28.0 Å². The van der Waals surface area contributed by atoms with Crippen molar-refractivity contribution in [2.24, 2.45) is 0 Å². The molecular weight excluding hydrogens is 447 g/mol. The van der Waals surface area contributed by atoms with Gasteiger partial charge in [-0.25, -0.2) is 0 Å². The summed E-state index contributed by atoms with van der Waals surface area (Å²) in [6.45, 7) is 1.40. The minimum Gasteiger partial charge on any atom is 1.00 e. The van der Waals surface area contributed by atoms with Crippen molar-refractivity contribution in [3.05, 3.63) is 77.9 Å². The SMILES string of the molecule is CN(C)Cc1cccc(CN(C)C)c1[Si-]12(Oc3ccccc3O1)Oc1ccccc1O2.[K+]. The van der Waals surface area contributed by atoms with Gasteiger partial charge in [-0.15, -0.1) is 0 Å². The van der Waals surface area contributed by atoms with Crippen molar-refractivity contribution in [1.29, 1.82) is 0 Å². The van der Waals surface area contributed by atoms with E-state index in [9.17, 15) is 0 Å². The van der Waals surface area contributed by atoms with E-state index in [-0.39, 0.29) is 51.4 Å². The molecule has 6 nitrogen and oxygen atoms in total. The van der Waals surface area contributed by atoms with E-state index in [0.717, 1.165) is 16.3 Å². The second-order valence-corrected chi connectivity index (χ2v) is 11.8. The van der Waals surface area contributed by atoms with Gasteiger partial charge in [0.2, 0.25) is 0 Å². The third-order valence-corrected chi connectivity index (χ3v) is 9.21. The van der Waals surface area contributed by atoms with E-state index in [1.807, 2.05) is 76.7 Å². The van der Waals surface area contributed by atoms with Crippen molar-refractivity contribution in [1.82, 2.24) is 9.80 Å². The minimum absolute atomic E-state index is 0. The molecule has 5 rings (SSSR count). The second kappa shape index (κ2) is 8.77. The Hall–Kier alpha value is -1.37. The van der Waals surface area contributed by atoms with Gasteiger partial charge < -0.3 is 0 Å². The number of fused-ring (bicyclic) bond motifs is 2. The van der Waals surface area contributed by atoms with Crippen molar-refractivity contribution in [3.8, 4) is 23.0 Å². The largest absolute Gasteiger partial charge is 1.00 e. The molecule has 0 radical (unpaired) electrons. The molecule has 0 N–H and O–H groups in total. The summed E-state index contributed by atoms with van der Waals surface area (Å²) in [4.78, 5) is 4.26. The molecule has 2 aliphatic heterocycles. The molecule has 3 aromatic rings. The van der Waals surface area contributed by atoms with Crippen molar-refractivity contribution < 1.29 is 69.1 Å². The zero-order chi connectivity index (χ0) is 21.7. The van der Waals surface area contributed by atoms with Crippen molar-refractivity contribution in [3.63, 3.8) is 0 Å². The fraction of sp³-hybridized carbons (Fsp3) is 0.250. The summed E-state index contributed by atoms with van der Waals surface area (Å²) >= 11 is 0. The number of rotatable bonds is 5. The first kappa shape index (κ1) is 23.8. The average molecular weight is 475 g/mol. The monoisotopic (exact) mass is 474 g/mol. The topological polar surface area (TPSA) is 43.4 Å².